The van der Waals surface area contributed by atoms with Gasteiger partial charge in [-0.3, -0.25) is 14.9 Å². The Morgan fingerprint density at radius 1 is 1.60 bits per heavy atom. The van der Waals surface area contributed by atoms with Gasteiger partial charge in [-0.25, -0.2) is 0 Å². The molecule has 15 heavy (non-hydrogen) atoms. The summed E-state index contributed by atoms with van der Waals surface area (Å²) < 4.78 is 0. The molecule has 1 unspecified atom stereocenters. The number of nitrogen functional groups attached to an aromatic ring is 1. The second-order valence-corrected chi connectivity index (χ2v) is 3.64. The molecule has 1 rings (SSSR count). The number of Topliss-reactive ketones (excluding diaryl/α,β-unsaturated/α-hetero) is 1. The predicted molar refractivity (Wildman–Crippen MR) is 57.2 cm³/mol. The first-order valence-corrected chi connectivity index (χ1v) is 4.60. The molecule has 80 valence electrons. The maximum atomic E-state index is 11.5. The van der Waals surface area contributed by atoms with E-state index in [1.165, 1.54) is 25.1 Å². The number of ketones is 1. The minimum absolute atomic E-state index is 0.0387. The van der Waals surface area contributed by atoms with Gasteiger partial charge >= 0.3 is 5.69 Å². The van der Waals surface area contributed by atoms with Gasteiger partial charge in [0.2, 0.25) is 0 Å². The van der Waals surface area contributed by atoms with Crippen molar-refractivity contribution in [1.82, 2.24) is 0 Å². The molecule has 5 nitrogen and oxygen atoms in total. The zero-order valence-corrected chi connectivity index (χ0v) is 8.69. The van der Waals surface area contributed by atoms with Crippen LogP contribution < -0.4 is 5.73 Å². The van der Waals surface area contributed by atoms with E-state index in [1.54, 1.807) is 0 Å². The summed E-state index contributed by atoms with van der Waals surface area (Å²) >= 11 is 5.58. The first-order chi connectivity index (χ1) is 6.95. The number of hydrogen-bond donors (Lipinski definition) is 1. The molecule has 0 radical (unpaired) electrons. The molecule has 0 amide bonds. The average molecular weight is 229 g/mol. The molecule has 0 fully saturated rings. The van der Waals surface area contributed by atoms with E-state index in [0.29, 0.717) is 0 Å². The van der Waals surface area contributed by atoms with Crippen LogP contribution in [0, 0.1) is 10.1 Å². The third-order valence-electron chi connectivity index (χ3n) is 1.88. The number of anilines is 1. The standard InChI is InChI=1S/C9H9ClN2O3/c1-5(10)9(13)6-3-2-4-7(11)8(6)12(14)15/h2-5H,11H2,1H3. The van der Waals surface area contributed by atoms with E-state index in [4.69, 9.17) is 17.3 Å². The Hall–Kier alpha value is -1.62. The maximum absolute atomic E-state index is 11.5. The molecule has 0 aliphatic heterocycles. The van der Waals surface area contributed by atoms with E-state index in [9.17, 15) is 14.9 Å². The average Bonchev–Trinajstić information content (AvgIpc) is 2.15. The summed E-state index contributed by atoms with van der Waals surface area (Å²) in [5.74, 6) is -0.504. The topological polar surface area (TPSA) is 86.2 Å². The molecule has 0 saturated heterocycles. The molecule has 0 bridgehead atoms. The summed E-state index contributed by atoms with van der Waals surface area (Å²) in [7, 11) is 0. The zero-order chi connectivity index (χ0) is 11.6. The number of nitro groups is 1. The fourth-order valence-electron chi connectivity index (χ4n) is 1.18. The summed E-state index contributed by atoms with van der Waals surface area (Å²) in [6, 6.07) is 4.19. The van der Waals surface area contributed by atoms with E-state index < -0.39 is 16.1 Å². The Balaban J connectivity index is 3.35. The Morgan fingerprint density at radius 3 is 2.67 bits per heavy atom. The van der Waals surface area contributed by atoms with Crippen LogP contribution in [0.15, 0.2) is 18.2 Å². The molecule has 0 saturated carbocycles. The van der Waals surface area contributed by atoms with Crippen molar-refractivity contribution in [2.45, 2.75) is 12.3 Å². The van der Waals surface area contributed by atoms with E-state index in [0.717, 1.165) is 0 Å². The lowest BCUT2D eigenvalue weighted by Crippen LogP contribution is -2.13. The lowest BCUT2D eigenvalue weighted by Gasteiger charge is -2.05. The number of rotatable bonds is 3. The van der Waals surface area contributed by atoms with E-state index >= 15 is 0 Å². The van der Waals surface area contributed by atoms with Gasteiger partial charge in [0.05, 0.1) is 15.9 Å². The Bertz CT molecular complexity index is 418. The van der Waals surface area contributed by atoms with Crippen LogP contribution in [0.3, 0.4) is 0 Å². The second-order valence-electron chi connectivity index (χ2n) is 2.98. The molecule has 1 aromatic rings. The van der Waals surface area contributed by atoms with Gasteiger partial charge in [0, 0.05) is 0 Å². The predicted octanol–water partition coefficient (Wildman–Crippen LogP) is 1.99. The Labute approximate surface area is 91.0 Å². The van der Waals surface area contributed by atoms with Crippen molar-refractivity contribution >= 4 is 28.8 Å². The van der Waals surface area contributed by atoms with Gasteiger partial charge in [0.1, 0.15) is 5.69 Å². The van der Waals surface area contributed by atoms with E-state index in [1.807, 2.05) is 0 Å². The molecule has 0 heterocycles. The van der Waals surface area contributed by atoms with Crippen molar-refractivity contribution in [2.75, 3.05) is 5.73 Å². The van der Waals surface area contributed by atoms with Crippen molar-refractivity contribution in [3.05, 3.63) is 33.9 Å². The summed E-state index contributed by atoms with van der Waals surface area (Å²) in [4.78, 5) is 21.6. The largest absolute Gasteiger partial charge is 0.393 e. The Morgan fingerprint density at radius 2 is 2.20 bits per heavy atom. The van der Waals surface area contributed by atoms with Crippen LogP contribution in [-0.2, 0) is 0 Å². The number of alkyl halides is 1. The molecule has 0 spiro atoms. The highest BCUT2D eigenvalue weighted by Gasteiger charge is 2.25. The van der Waals surface area contributed by atoms with Crippen LogP contribution >= 0.6 is 11.6 Å². The van der Waals surface area contributed by atoms with Gasteiger partial charge in [-0.1, -0.05) is 6.07 Å². The highest BCUT2D eigenvalue weighted by atomic mass is 35.5. The van der Waals surface area contributed by atoms with Gasteiger partial charge in [0.25, 0.3) is 0 Å². The summed E-state index contributed by atoms with van der Waals surface area (Å²) in [6.45, 7) is 1.46. The number of carbonyl (C=O) groups excluding carboxylic acids is 1. The molecule has 1 aromatic carbocycles. The van der Waals surface area contributed by atoms with E-state index in [-0.39, 0.29) is 16.9 Å². The van der Waals surface area contributed by atoms with Gasteiger partial charge in [-0.15, -0.1) is 11.6 Å². The molecule has 1 atom stereocenters. The van der Waals surface area contributed by atoms with Crippen LogP contribution in [0.1, 0.15) is 17.3 Å². The number of para-hydroxylation sites is 1. The molecule has 6 heteroatoms. The van der Waals surface area contributed by atoms with Crippen molar-refractivity contribution in [3.63, 3.8) is 0 Å². The third-order valence-corrected chi connectivity index (χ3v) is 2.07. The van der Waals surface area contributed by atoms with Gasteiger partial charge < -0.3 is 5.73 Å². The SMILES string of the molecule is CC(Cl)C(=O)c1cccc(N)c1[N+](=O)[O-]. The number of carbonyl (C=O) groups is 1. The molecular weight excluding hydrogens is 220 g/mol. The normalized spacial score (nSPS) is 12.1. The van der Waals surface area contributed by atoms with Crippen LogP contribution in [0.4, 0.5) is 11.4 Å². The van der Waals surface area contributed by atoms with Gasteiger partial charge in [-0.05, 0) is 19.1 Å². The number of hydrogen-bond acceptors (Lipinski definition) is 4. The summed E-state index contributed by atoms with van der Waals surface area (Å²) in [5.41, 5.74) is 4.95. The number of nitro benzene ring substituents is 1. The number of nitrogens with two attached hydrogens (primary N) is 1. The third kappa shape index (κ3) is 2.24. The zero-order valence-electron chi connectivity index (χ0n) is 7.94. The highest BCUT2D eigenvalue weighted by Crippen LogP contribution is 2.27. The lowest BCUT2D eigenvalue weighted by atomic mass is 10.1. The summed E-state index contributed by atoms with van der Waals surface area (Å²) in [5, 5.41) is 9.89. The fourth-order valence-corrected chi connectivity index (χ4v) is 1.30. The maximum Gasteiger partial charge on any atom is 0.302 e. The van der Waals surface area contributed by atoms with Crippen LogP contribution in [0.5, 0.6) is 0 Å². The molecule has 0 aliphatic carbocycles. The van der Waals surface area contributed by atoms with E-state index in [2.05, 4.69) is 0 Å². The quantitative estimate of drug-likeness (QED) is 0.282. The number of nitrogens with zero attached hydrogens (tertiary/aromatic N) is 1. The Kier molecular flexibility index (Phi) is 3.26. The first-order valence-electron chi connectivity index (χ1n) is 4.16. The lowest BCUT2D eigenvalue weighted by molar-refractivity contribution is -0.384. The van der Waals surface area contributed by atoms with Crippen LogP contribution in [0.25, 0.3) is 0 Å². The van der Waals surface area contributed by atoms with Crippen LogP contribution in [-0.4, -0.2) is 16.1 Å². The second kappa shape index (κ2) is 4.27. The molecule has 0 aromatic heterocycles. The molecule has 0 aliphatic rings. The van der Waals surface area contributed by atoms with Crippen molar-refractivity contribution in [3.8, 4) is 0 Å². The fraction of sp³-hybridized carbons (Fsp3) is 0.222. The van der Waals surface area contributed by atoms with Crippen LogP contribution in [0.2, 0.25) is 0 Å². The van der Waals surface area contributed by atoms with Gasteiger partial charge in [-0.2, -0.15) is 0 Å². The number of halogens is 1. The van der Waals surface area contributed by atoms with Crippen molar-refractivity contribution in [1.29, 1.82) is 0 Å². The van der Waals surface area contributed by atoms with Crippen molar-refractivity contribution < 1.29 is 9.72 Å². The minimum atomic E-state index is -0.814. The van der Waals surface area contributed by atoms with Gasteiger partial charge in [0.15, 0.2) is 5.78 Å². The number of benzene rings is 1. The first kappa shape index (κ1) is 11.5. The smallest absolute Gasteiger partial charge is 0.302 e. The summed E-state index contributed by atoms with van der Waals surface area (Å²) in [6.07, 6.45) is 0. The molecular formula is C9H9ClN2O3. The highest BCUT2D eigenvalue weighted by molar-refractivity contribution is 6.34. The molecule has 2 N–H and O–H groups in total. The monoisotopic (exact) mass is 228 g/mol. The van der Waals surface area contributed by atoms with Crippen molar-refractivity contribution in [2.24, 2.45) is 0 Å². The minimum Gasteiger partial charge on any atom is -0.393 e.